The van der Waals surface area contributed by atoms with Crippen LogP contribution in [0, 0.1) is 0 Å². The van der Waals surface area contributed by atoms with Crippen LogP contribution in [0.25, 0.3) is 5.70 Å². The quantitative estimate of drug-likeness (QED) is 0.692. The number of Topliss-reactive ketones (excluding diaryl/α,β-unsaturated/α-hetero) is 1. The van der Waals surface area contributed by atoms with Crippen molar-refractivity contribution < 1.29 is 14.4 Å². The molecule has 0 fully saturated rings. The molecule has 152 valence electrons. The molecule has 0 saturated heterocycles. The van der Waals surface area contributed by atoms with Crippen LogP contribution in [0.4, 0.5) is 4.79 Å². The average molecular weight is 466 g/mol. The third-order valence-corrected chi connectivity index (χ3v) is 6.05. The number of nitrogens with one attached hydrogen (secondary N) is 1. The van der Waals surface area contributed by atoms with Gasteiger partial charge in [-0.25, -0.2) is 4.79 Å². The van der Waals surface area contributed by atoms with Gasteiger partial charge in [0.05, 0.1) is 5.70 Å². The van der Waals surface area contributed by atoms with Crippen molar-refractivity contribution in [1.82, 2.24) is 15.1 Å². The summed E-state index contributed by atoms with van der Waals surface area (Å²) in [7, 11) is 3.02. The van der Waals surface area contributed by atoms with Crippen molar-refractivity contribution >= 4 is 39.9 Å². The Morgan fingerprint density at radius 3 is 2.47 bits per heavy atom. The molecule has 1 aliphatic heterocycles. The van der Waals surface area contributed by atoms with Crippen molar-refractivity contribution in [1.29, 1.82) is 0 Å². The van der Waals surface area contributed by atoms with Crippen LogP contribution in [0.15, 0.2) is 70.0 Å². The summed E-state index contributed by atoms with van der Waals surface area (Å²) in [5, 5.41) is 3.31. The first-order chi connectivity index (χ1) is 14.3. The van der Waals surface area contributed by atoms with Gasteiger partial charge in [0, 0.05) is 41.2 Å². The Balaban J connectivity index is 1.90. The molecule has 3 amide bonds. The van der Waals surface area contributed by atoms with E-state index in [4.69, 9.17) is 0 Å². The molecule has 1 heterocycles. The van der Waals surface area contributed by atoms with Gasteiger partial charge >= 0.3 is 6.03 Å². The van der Waals surface area contributed by atoms with Crippen molar-refractivity contribution in [2.45, 2.75) is 12.8 Å². The van der Waals surface area contributed by atoms with Crippen molar-refractivity contribution in [2.24, 2.45) is 0 Å². The molecule has 0 bridgehead atoms. The lowest BCUT2D eigenvalue weighted by atomic mass is 9.81. The predicted octanol–water partition coefficient (Wildman–Crippen LogP) is 4.12. The minimum absolute atomic E-state index is 0.0181. The second kappa shape index (κ2) is 7.57. The number of allylic oxidation sites excluding steroid dienone is 2. The summed E-state index contributed by atoms with van der Waals surface area (Å²) >= 11 is 3.52. The molecular weight excluding hydrogens is 446 g/mol. The largest absolute Gasteiger partial charge is 0.341 e. The first kappa shape index (κ1) is 20.1. The van der Waals surface area contributed by atoms with Gasteiger partial charge in [0.1, 0.15) is 5.82 Å². The van der Waals surface area contributed by atoms with E-state index in [1.165, 1.54) is 11.9 Å². The summed E-state index contributed by atoms with van der Waals surface area (Å²) in [6, 6.07) is 14.8. The fraction of sp³-hybridized carbons (Fsp3) is 0.174. The van der Waals surface area contributed by atoms with Gasteiger partial charge in [-0.05, 0) is 30.2 Å². The molecule has 2 aromatic carbocycles. The van der Waals surface area contributed by atoms with Gasteiger partial charge in [-0.2, -0.15) is 0 Å². The SMILES string of the molecule is CC1=C(N(C)C(=O)N(C)C=O)NC2=C(C(=O)c3ccccc32)C1c1cccc(Br)c1. The number of carbonyl (C=O) groups is 3. The molecule has 1 N–H and O–H groups in total. The minimum atomic E-state index is -0.471. The highest BCUT2D eigenvalue weighted by atomic mass is 79.9. The molecule has 30 heavy (non-hydrogen) atoms. The molecular formula is C23H20BrN3O3. The van der Waals surface area contributed by atoms with Gasteiger partial charge < -0.3 is 5.32 Å². The molecule has 2 aliphatic rings. The number of amides is 3. The molecule has 4 rings (SSSR count). The van der Waals surface area contributed by atoms with E-state index in [-0.39, 0.29) is 11.7 Å². The normalized spacial score (nSPS) is 17.3. The molecule has 0 saturated carbocycles. The minimum Gasteiger partial charge on any atom is -0.341 e. The van der Waals surface area contributed by atoms with Crippen molar-refractivity contribution in [3.05, 3.63) is 86.7 Å². The van der Waals surface area contributed by atoms with Gasteiger partial charge in [-0.1, -0.05) is 52.3 Å². The maximum Gasteiger partial charge on any atom is 0.331 e. The number of imide groups is 1. The highest BCUT2D eigenvalue weighted by molar-refractivity contribution is 9.10. The lowest BCUT2D eigenvalue weighted by Crippen LogP contribution is -2.43. The molecule has 0 aromatic heterocycles. The molecule has 0 spiro atoms. The average Bonchev–Trinajstić information content (AvgIpc) is 3.03. The van der Waals surface area contributed by atoms with Crippen LogP contribution in [0.5, 0.6) is 0 Å². The second-order valence-electron chi connectivity index (χ2n) is 7.37. The summed E-state index contributed by atoms with van der Waals surface area (Å²) in [5.41, 5.74) is 4.59. The first-order valence-corrected chi connectivity index (χ1v) is 10.2. The number of nitrogens with zero attached hydrogens (tertiary/aromatic N) is 2. The maximum atomic E-state index is 13.3. The Labute approximate surface area is 183 Å². The van der Waals surface area contributed by atoms with Crippen LogP contribution in [0.1, 0.15) is 34.3 Å². The topological polar surface area (TPSA) is 69.7 Å². The van der Waals surface area contributed by atoms with E-state index < -0.39 is 6.03 Å². The number of benzene rings is 2. The van der Waals surface area contributed by atoms with Gasteiger partial charge in [0.2, 0.25) is 6.41 Å². The van der Waals surface area contributed by atoms with Crippen LogP contribution in [-0.4, -0.2) is 42.1 Å². The first-order valence-electron chi connectivity index (χ1n) is 9.42. The van der Waals surface area contributed by atoms with E-state index in [1.807, 2.05) is 55.5 Å². The molecule has 1 unspecified atom stereocenters. The smallest absolute Gasteiger partial charge is 0.331 e. The van der Waals surface area contributed by atoms with E-state index in [1.54, 1.807) is 7.05 Å². The maximum absolute atomic E-state index is 13.3. The number of hydrogen-bond donors (Lipinski definition) is 1. The van der Waals surface area contributed by atoms with Crippen molar-refractivity contribution in [2.75, 3.05) is 14.1 Å². The summed E-state index contributed by atoms with van der Waals surface area (Å²) in [6.07, 6.45) is 0.475. The number of ketones is 1. The lowest BCUT2D eigenvalue weighted by Gasteiger charge is -2.34. The van der Waals surface area contributed by atoms with Crippen LogP contribution in [-0.2, 0) is 4.79 Å². The van der Waals surface area contributed by atoms with Crippen molar-refractivity contribution in [3.63, 3.8) is 0 Å². The Morgan fingerprint density at radius 1 is 1.10 bits per heavy atom. The third-order valence-electron chi connectivity index (χ3n) is 5.56. The number of fused-ring (bicyclic) bond motifs is 2. The van der Waals surface area contributed by atoms with E-state index in [2.05, 4.69) is 21.2 Å². The summed E-state index contributed by atoms with van der Waals surface area (Å²) in [4.78, 5) is 39.5. The zero-order valence-electron chi connectivity index (χ0n) is 16.8. The second-order valence-corrected chi connectivity index (χ2v) is 8.28. The van der Waals surface area contributed by atoms with E-state index >= 15 is 0 Å². The Bertz CT molecular complexity index is 1150. The Morgan fingerprint density at radius 2 is 1.80 bits per heavy atom. The van der Waals surface area contributed by atoms with Gasteiger partial charge in [0.25, 0.3) is 0 Å². The van der Waals surface area contributed by atoms with Crippen LogP contribution >= 0.6 is 15.9 Å². The van der Waals surface area contributed by atoms with Crippen LogP contribution in [0.2, 0.25) is 0 Å². The lowest BCUT2D eigenvalue weighted by molar-refractivity contribution is -0.115. The molecule has 2 aromatic rings. The van der Waals surface area contributed by atoms with Crippen molar-refractivity contribution in [3.8, 4) is 0 Å². The van der Waals surface area contributed by atoms with Crippen LogP contribution in [0.3, 0.4) is 0 Å². The molecule has 1 aliphatic carbocycles. The van der Waals surface area contributed by atoms with Gasteiger partial charge in [0.15, 0.2) is 5.78 Å². The fourth-order valence-corrected chi connectivity index (χ4v) is 4.53. The summed E-state index contributed by atoms with van der Waals surface area (Å²) < 4.78 is 0.906. The summed E-state index contributed by atoms with van der Waals surface area (Å²) in [6.45, 7) is 1.90. The predicted molar refractivity (Wildman–Crippen MR) is 117 cm³/mol. The molecule has 1 atom stereocenters. The highest BCUT2D eigenvalue weighted by Crippen LogP contribution is 2.46. The third kappa shape index (κ3) is 3.06. The van der Waals surface area contributed by atoms with E-state index in [0.29, 0.717) is 29.1 Å². The standard InChI is InChI=1S/C23H20BrN3O3/c1-13-18(14-7-6-8-15(24)11-14)19-20(16-9-4-5-10-17(16)21(19)29)25-22(13)27(3)23(30)26(2)12-28/h4-12,18,25H,1-3H3. The summed E-state index contributed by atoms with van der Waals surface area (Å²) in [5.74, 6) is 0.211. The van der Waals surface area contributed by atoms with Crippen LogP contribution < -0.4 is 5.32 Å². The number of rotatable bonds is 3. The van der Waals surface area contributed by atoms with Gasteiger partial charge in [-0.15, -0.1) is 0 Å². The monoisotopic (exact) mass is 465 g/mol. The molecule has 7 heteroatoms. The highest BCUT2D eigenvalue weighted by Gasteiger charge is 2.41. The number of carbonyl (C=O) groups excluding carboxylic acids is 3. The zero-order chi connectivity index (χ0) is 21.6. The molecule has 6 nitrogen and oxygen atoms in total. The number of halogens is 1. The Kier molecular flexibility index (Phi) is 5.07. The number of hydrogen-bond acceptors (Lipinski definition) is 4. The number of urea groups is 1. The van der Waals surface area contributed by atoms with E-state index in [0.717, 1.165) is 26.1 Å². The fourth-order valence-electron chi connectivity index (χ4n) is 4.11. The van der Waals surface area contributed by atoms with Gasteiger partial charge in [-0.3, -0.25) is 19.4 Å². The van der Waals surface area contributed by atoms with E-state index in [9.17, 15) is 14.4 Å². The zero-order valence-corrected chi connectivity index (χ0v) is 18.4. The molecule has 0 radical (unpaired) electrons. The number of dihydropyridines is 1. The Hall–Kier alpha value is -3.19.